The molecule has 0 aliphatic heterocycles. The number of rotatable bonds is 3. The number of aliphatic hydroxyl groups is 1. The van der Waals surface area contributed by atoms with Crippen molar-refractivity contribution >= 4 is 5.91 Å². The molecule has 0 saturated heterocycles. The van der Waals surface area contributed by atoms with Gasteiger partial charge in [0.1, 0.15) is 5.56 Å². The summed E-state index contributed by atoms with van der Waals surface area (Å²) in [6, 6.07) is 0. The SMILES string of the molecule is Cc1nn(C)c(=O)c(C(=O)NC2(CO)CC2)c1C. The predicted molar refractivity (Wildman–Crippen MR) is 65.5 cm³/mol. The second-order valence-corrected chi connectivity index (χ2v) is 4.91. The molecule has 1 heterocycles. The maximum absolute atomic E-state index is 12.1. The molecule has 0 unspecified atom stereocenters. The number of nitrogens with one attached hydrogen (secondary N) is 1. The summed E-state index contributed by atoms with van der Waals surface area (Å²) in [7, 11) is 1.52. The molecule has 1 saturated carbocycles. The monoisotopic (exact) mass is 251 g/mol. The van der Waals surface area contributed by atoms with Gasteiger partial charge in [-0.05, 0) is 32.3 Å². The van der Waals surface area contributed by atoms with Crippen LogP contribution in [0.4, 0.5) is 0 Å². The minimum Gasteiger partial charge on any atom is -0.394 e. The van der Waals surface area contributed by atoms with E-state index in [-0.39, 0.29) is 12.2 Å². The van der Waals surface area contributed by atoms with Gasteiger partial charge in [-0.3, -0.25) is 9.59 Å². The van der Waals surface area contributed by atoms with E-state index < -0.39 is 17.0 Å². The van der Waals surface area contributed by atoms with Crippen LogP contribution in [-0.2, 0) is 7.05 Å². The Kier molecular flexibility index (Phi) is 2.98. The number of aromatic nitrogens is 2. The fraction of sp³-hybridized carbons (Fsp3) is 0.583. The van der Waals surface area contributed by atoms with Crippen LogP contribution < -0.4 is 10.9 Å². The van der Waals surface area contributed by atoms with Crippen molar-refractivity contribution in [2.75, 3.05) is 6.61 Å². The van der Waals surface area contributed by atoms with Gasteiger partial charge < -0.3 is 10.4 Å². The van der Waals surface area contributed by atoms with E-state index in [1.54, 1.807) is 13.8 Å². The van der Waals surface area contributed by atoms with Gasteiger partial charge in [-0.15, -0.1) is 0 Å². The number of carbonyl (C=O) groups is 1. The first-order valence-corrected chi connectivity index (χ1v) is 5.88. The van der Waals surface area contributed by atoms with Crippen LogP contribution in [0.3, 0.4) is 0 Å². The van der Waals surface area contributed by atoms with Gasteiger partial charge >= 0.3 is 0 Å². The molecular weight excluding hydrogens is 234 g/mol. The first-order chi connectivity index (χ1) is 8.40. The lowest BCUT2D eigenvalue weighted by atomic mass is 10.1. The van der Waals surface area contributed by atoms with Crippen LogP contribution in [0.1, 0.15) is 34.5 Å². The van der Waals surface area contributed by atoms with Gasteiger partial charge in [0.15, 0.2) is 0 Å². The summed E-state index contributed by atoms with van der Waals surface area (Å²) in [6.07, 6.45) is 1.50. The summed E-state index contributed by atoms with van der Waals surface area (Å²) in [6.45, 7) is 3.36. The number of amides is 1. The van der Waals surface area contributed by atoms with Crippen LogP contribution in [0, 0.1) is 13.8 Å². The van der Waals surface area contributed by atoms with E-state index >= 15 is 0 Å². The van der Waals surface area contributed by atoms with Crippen LogP contribution in [0.15, 0.2) is 4.79 Å². The highest BCUT2D eigenvalue weighted by molar-refractivity contribution is 5.96. The molecule has 1 aromatic rings. The highest BCUT2D eigenvalue weighted by Gasteiger charge is 2.44. The van der Waals surface area contributed by atoms with Crippen LogP contribution in [-0.4, -0.2) is 32.9 Å². The number of carbonyl (C=O) groups excluding carboxylic acids is 1. The second kappa shape index (κ2) is 4.20. The molecule has 0 atom stereocenters. The van der Waals surface area contributed by atoms with Crippen LogP contribution in [0.25, 0.3) is 0 Å². The summed E-state index contributed by atoms with van der Waals surface area (Å²) < 4.78 is 1.16. The molecule has 0 bridgehead atoms. The quantitative estimate of drug-likeness (QED) is 0.769. The maximum Gasteiger partial charge on any atom is 0.279 e. The smallest absolute Gasteiger partial charge is 0.279 e. The molecule has 6 nitrogen and oxygen atoms in total. The van der Waals surface area contributed by atoms with Crippen molar-refractivity contribution in [3.05, 3.63) is 27.2 Å². The summed E-state index contributed by atoms with van der Waals surface area (Å²) in [5, 5.41) is 16.0. The molecule has 1 fully saturated rings. The van der Waals surface area contributed by atoms with E-state index in [9.17, 15) is 14.7 Å². The molecule has 2 N–H and O–H groups in total. The van der Waals surface area contributed by atoms with E-state index in [1.165, 1.54) is 7.05 Å². The Balaban J connectivity index is 2.39. The fourth-order valence-electron chi connectivity index (χ4n) is 1.89. The van der Waals surface area contributed by atoms with E-state index in [0.717, 1.165) is 17.5 Å². The molecule has 2 rings (SSSR count). The molecule has 1 amide bonds. The summed E-state index contributed by atoms with van der Waals surface area (Å²) in [4.78, 5) is 24.1. The number of aryl methyl sites for hydroxylation is 2. The van der Waals surface area contributed by atoms with Crippen molar-refractivity contribution in [1.29, 1.82) is 0 Å². The Morgan fingerprint density at radius 1 is 1.50 bits per heavy atom. The zero-order valence-electron chi connectivity index (χ0n) is 10.8. The van der Waals surface area contributed by atoms with E-state index in [1.807, 2.05) is 0 Å². The van der Waals surface area contributed by atoms with Crippen molar-refractivity contribution in [1.82, 2.24) is 15.1 Å². The van der Waals surface area contributed by atoms with Gasteiger partial charge in [0.25, 0.3) is 11.5 Å². The van der Waals surface area contributed by atoms with E-state index in [4.69, 9.17) is 0 Å². The standard InChI is InChI=1S/C12H17N3O3/c1-7-8(2)14-15(3)11(18)9(7)10(17)13-12(6-16)4-5-12/h16H,4-6H2,1-3H3,(H,13,17). The van der Waals surface area contributed by atoms with Crippen molar-refractivity contribution in [3.63, 3.8) is 0 Å². The van der Waals surface area contributed by atoms with Crippen LogP contribution in [0.5, 0.6) is 0 Å². The van der Waals surface area contributed by atoms with Gasteiger partial charge in [-0.2, -0.15) is 5.10 Å². The van der Waals surface area contributed by atoms with Crippen LogP contribution >= 0.6 is 0 Å². The summed E-state index contributed by atoms with van der Waals surface area (Å²) in [5.41, 5.74) is 0.417. The summed E-state index contributed by atoms with van der Waals surface area (Å²) >= 11 is 0. The second-order valence-electron chi connectivity index (χ2n) is 4.91. The maximum atomic E-state index is 12.1. The molecule has 1 aliphatic rings. The Bertz CT molecular complexity index is 558. The van der Waals surface area contributed by atoms with Gasteiger partial charge in [0, 0.05) is 7.05 Å². The highest BCUT2D eigenvalue weighted by atomic mass is 16.3. The third kappa shape index (κ3) is 2.03. The van der Waals surface area contributed by atoms with Crippen molar-refractivity contribution in [3.8, 4) is 0 Å². The van der Waals surface area contributed by atoms with Crippen LogP contribution in [0.2, 0.25) is 0 Å². The minimum absolute atomic E-state index is 0.0951. The van der Waals surface area contributed by atoms with Gasteiger partial charge in [-0.1, -0.05) is 0 Å². The van der Waals surface area contributed by atoms with Crippen molar-refractivity contribution in [2.45, 2.75) is 32.2 Å². The zero-order valence-corrected chi connectivity index (χ0v) is 10.8. The predicted octanol–water partition coefficient (Wildman–Crippen LogP) is -0.348. The highest BCUT2D eigenvalue weighted by Crippen LogP contribution is 2.34. The first kappa shape index (κ1) is 12.8. The Morgan fingerprint density at radius 2 is 2.11 bits per heavy atom. The average Bonchev–Trinajstić information content (AvgIpc) is 3.07. The summed E-state index contributed by atoms with van der Waals surface area (Å²) in [5.74, 6) is -0.426. The van der Waals surface area contributed by atoms with E-state index in [2.05, 4.69) is 10.4 Å². The molecule has 1 aliphatic carbocycles. The third-order valence-electron chi connectivity index (χ3n) is 3.49. The molecular formula is C12H17N3O3. The average molecular weight is 251 g/mol. The van der Waals surface area contributed by atoms with Gasteiger partial charge in [-0.25, -0.2) is 4.68 Å². The van der Waals surface area contributed by atoms with Gasteiger partial charge in [0.05, 0.1) is 17.8 Å². The van der Waals surface area contributed by atoms with Crippen molar-refractivity contribution in [2.24, 2.45) is 7.05 Å². The number of nitrogens with zero attached hydrogens (tertiary/aromatic N) is 2. The lowest BCUT2D eigenvalue weighted by Crippen LogP contribution is -2.43. The lowest BCUT2D eigenvalue weighted by molar-refractivity contribution is 0.0903. The molecule has 0 spiro atoms. The third-order valence-corrected chi connectivity index (χ3v) is 3.49. The number of aliphatic hydroxyl groups excluding tert-OH is 1. The molecule has 0 radical (unpaired) electrons. The molecule has 98 valence electrons. The fourth-order valence-corrected chi connectivity index (χ4v) is 1.89. The molecule has 1 aromatic heterocycles. The van der Waals surface area contributed by atoms with Gasteiger partial charge in [0.2, 0.25) is 0 Å². The first-order valence-electron chi connectivity index (χ1n) is 5.88. The number of hydrogen-bond acceptors (Lipinski definition) is 4. The lowest BCUT2D eigenvalue weighted by Gasteiger charge is -2.15. The molecule has 0 aromatic carbocycles. The van der Waals surface area contributed by atoms with E-state index in [0.29, 0.717) is 11.3 Å². The topological polar surface area (TPSA) is 84.2 Å². The minimum atomic E-state index is -0.522. The Labute approximate surface area is 105 Å². The molecule has 6 heteroatoms. The Morgan fingerprint density at radius 3 is 2.61 bits per heavy atom. The largest absolute Gasteiger partial charge is 0.394 e. The molecule has 18 heavy (non-hydrogen) atoms. The normalized spacial score (nSPS) is 16.4. The Hall–Kier alpha value is -1.69. The van der Waals surface area contributed by atoms with Crippen molar-refractivity contribution < 1.29 is 9.90 Å². The number of hydrogen-bond donors (Lipinski definition) is 2. The zero-order chi connectivity index (χ0) is 13.5.